The lowest BCUT2D eigenvalue weighted by atomic mass is 9.76. The second-order valence-corrected chi connectivity index (χ2v) is 6.02. The van der Waals surface area contributed by atoms with Crippen LogP contribution in [-0.2, 0) is 9.53 Å². The third kappa shape index (κ3) is 1.85. The van der Waals surface area contributed by atoms with E-state index in [4.69, 9.17) is 4.74 Å². The Morgan fingerprint density at radius 3 is 2.70 bits per heavy atom. The fourth-order valence-electron chi connectivity index (χ4n) is 4.12. The first-order valence-electron chi connectivity index (χ1n) is 7.46. The largest absolute Gasteiger partial charge is 0.355 e. The van der Waals surface area contributed by atoms with E-state index in [1.165, 1.54) is 5.56 Å². The summed E-state index contributed by atoms with van der Waals surface area (Å²) in [5, 5.41) is 3.17. The van der Waals surface area contributed by atoms with Gasteiger partial charge >= 0.3 is 0 Å². The molecule has 20 heavy (non-hydrogen) atoms. The molecule has 0 radical (unpaired) electrons. The fraction of sp³-hybridized carbons (Fsp3) is 0.471. The first kappa shape index (κ1) is 12.3. The summed E-state index contributed by atoms with van der Waals surface area (Å²) in [4.78, 5) is 12.8. The van der Waals surface area contributed by atoms with Gasteiger partial charge in [-0.05, 0) is 23.8 Å². The lowest BCUT2D eigenvalue weighted by Crippen LogP contribution is -2.40. The average Bonchev–Trinajstić information content (AvgIpc) is 3.22. The Balaban J connectivity index is 1.66. The maximum Gasteiger partial charge on any atom is 0.180 e. The Hall–Kier alpha value is -1.45. The van der Waals surface area contributed by atoms with Crippen LogP contribution in [0.5, 0.6) is 0 Å². The molecule has 0 spiro atoms. The molecule has 4 rings (SSSR count). The monoisotopic (exact) mass is 269 g/mol. The first-order valence-corrected chi connectivity index (χ1v) is 7.46. The van der Waals surface area contributed by atoms with Crippen LogP contribution in [-0.4, -0.2) is 25.2 Å². The molecular weight excluding hydrogens is 250 g/mol. The smallest absolute Gasteiger partial charge is 0.180 e. The molecule has 3 unspecified atom stereocenters. The van der Waals surface area contributed by atoms with Crippen LogP contribution >= 0.6 is 0 Å². The minimum atomic E-state index is -0.390. The van der Waals surface area contributed by atoms with Crippen molar-refractivity contribution in [3.63, 3.8) is 0 Å². The van der Waals surface area contributed by atoms with Crippen LogP contribution in [0, 0.1) is 17.8 Å². The molecule has 1 saturated carbocycles. The maximum absolute atomic E-state index is 12.8. The predicted octanol–water partition coefficient (Wildman–Crippen LogP) is 2.11. The van der Waals surface area contributed by atoms with Gasteiger partial charge in [-0.15, -0.1) is 0 Å². The number of carbonyl (C=O) groups excluding carboxylic acids is 1. The number of rotatable bonds is 3. The van der Waals surface area contributed by atoms with Crippen molar-refractivity contribution < 1.29 is 9.53 Å². The Bertz CT molecular complexity index is 533. The van der Waals surface area contributed by atoms with Crippen LogP contribution < -0.4 is 5.32 Å². The molecule has 1 aromatic rings. The number of allylic oxidation sites excluding steroid dienone is 2. The fourth-order valence-corrected chi connectivity index (χ4v) is 4.12. The average molecular weight is 269 g/mol. The molecule has 0 aromatic heterocycles. The molecule has 1 saturated heterocycles. The van der Waals surface area contributed by atoms with E-state index in [0.717, 1.165) is 13.0 Å². The van der Waals surface area contributed by atoms with E-state index in [-0.39, 0.29) is 17.9 Å². The summed E-state index contributed by atoms with van der Waals surface area (Å²) in [5.74, 6) is 1.54. The molecule has 2 fully saturated rings. The summed E-state index contributed by atoms with van der Waals surface area (Å²) in [6.45, 7) is 1.42. The van der Waals surface area contributed by atoms with Crippen LogP contribution in [0.1, 0.15) is 17.9 Å². The summed E-state index contributed by atoms with van der Waals surface area (Å²) in [5.41, 5.74) is 1.29. The van der Waals surface area contributed by atoms with Gasteiger partial charge in [0.2, 0.25) is 0 Å². The highest BCUT2D eigenvalue weighted by Crippen LogP contribution is 2.53. The Kier molecular flexibility index (Phi) is 2.97. The topological polar surface area (TPSA) is 38.3 Å². The maximum atomic E-state index is 12.8. The van der Waals surface area contributed by atoms with Crippen LogP contribution in [0.25, 0.3) is 0 Å². The molecule has 104 valence electrons. The highest BCUT2D eigenvalue weighted by molar-refractivity contribution is 5.87. The molecule has 3 aliphatic rings. The zero-order chi connectivity index (χ0) is 13.5. The van der Waals surface area contributed by atoms with Crippen LogP contribution in [0.4, 0.5) is 0 Å². The lowest BCUT2D eigenvalue weighted by Gasteiger charge is -2.29. The zero-order valence-corrected chi connectivity index (χ0v) is 11.4. The molecule has 1 aromatic carbocycles. The van der Waals surface area contributed by atoms with E-state index in [9.17, 15) is 4.79 Å². The number of carbonyl (C=O) groups is 1. The number of ketones is 1. The second-order valence-electron chi connectivity index (χ2n) is 6.02. The van der Waals surface area contributed by atoms with E-state index in [0.29, 0.717) is 24.4 Å². The minimum Gasteiger partial charge on any atom is -0.355 e. The molecule has 2 bridgehead atoms. The van der Waals surface area contributed by atoms with E-state index in [1.807, 2.05) is 6.07 Å². The molecule has 2 aliphatic carbocycles. The van der Waals surface area contributed by atoms with E-state index in [2.05, 4.69) is 41.7 Å². The van der Waals surface area contributed by atoms with Gasteiger partial charge in [-0.25, -0.2) is 0 Å². The number of ether oxygens (including phenoxy) is 1. The van der Waals surface area contributed by atoms with Gasteiger partial charge in [0.1, 0.15) is 0 Å². The summed E-state index contributed by atoms with van der Waals surface area (Å²) in [6, 6.07) is 10.5. The lowest BCUT2D eigenvalue weighted by molar-refractivity contribution is -0.134. The second kappa shape index (κ2) is 4.83. The van der Waals surface area contributed by atoms with E-state index >= 15 is 0 Å². The number of nitrogens with one attached hydrogen (secondary N) is 1. The van der Waals surface area contributed by atoms with Crippen molar-refractivity contribution in [2.24, 2.45) is 17.8 Å². The van der Waals surface area contributed by atoms with Crippen LogP contribution in [0.15, 0.2) is 42.5 Å². The van der Waals surface area contributed by atoms with Crippen LogP contribution in [0.2, 0.25) is 0 Å². The van der Waals surface area contributed by atoms with Gasteiger partial charge < -0.3 is 4.74 Å². The van der Waals surface area contributed by atoms with Gasteiger partial charge in [-0.2, -0.15) is 0 Å². The molecular formula is C17H19NO2. The van der Waals surface area contributed by atoms with E-state index < -0.39 is 0 Å². The van der Waals surface area contributed by atoms with Crippen molar-refractivity contribution >= 4 is 5.78 Å². The molecule has 5 atom stereocenters. The quantitative estimate of drug-likeness (QED) is 0.854. The van der Waals surface area contributed by atoms with Crippen molar-refractivity contribution in [1.29, 1.82) is 0 Å². The molecule has 1 heterocycles. The van der Waals surface area contributed by atoms with Crippen molar-refractivity contribution in [3.8, 4) is 0 Å². The summed E-state index contributed by atoms with van der Waals surface area (Å²) in [6.07, 6.45) is 5.26. The summed E-state index contributed by atoms with van der Waals surface area (Å²) < 4.78 is 5.53. The van der Waals surface area contributed by atoms with Gasteiger partial charge in [-0.3, -0.25) is 10.1 Å². The Morgan fingerprint density at radius 2 is 1.95 bits per heavy atom. The number of hydrogen-bond acceptors (Lipinski definition) is 3. The van der Waals surface area contributed by atoms with Gasteiger partial charge in [0.25, 0.3) is 0 Å². The number of hydrogen-bond donors (Lipinski definition) is 1. The third-order valence-electron chi connectivity index (χ3n) is 4.95. The summed E-state index contributed by atoms with van der Waals surface area (Å²) in [7, 11) is 0. The summed E-state index contributed by atoms with van der Waals surface area (Å²) >= 11 is 0. The normalized spacial score (nSPS) is 38.5. The van der Waals surface area contributed by atoms with E-state index in [1.54, 1.807) is 0 Å². The van der Waals surface area contributed by atoms with Gasteiger partial charge in [0.05, 0.1) is 6.61 Å². The third-order valence-corrected chi connectivity index (χ3v) is 4.95. The van der Waals surface area contributed by atoms with Gasteiger partial charge in [0, 0.05) is 18.4 Å². The molecule has 1 aliphatic heterocycles. The standard InChI is InChI=1S/C17H19NO2/c19-16(17-18-8-9-20-17)15-13-7-6-12(10-13)14(15)11-4-2-1-3-5-11/h1-7,12-15,17-18H,8-10H2/t12?,13?,14-,15-,17?/m0/s1. The van der Waals surface area contributed by atoms with Gasteiger partial charge in [0.15, 0.2) is 12.0 Å². The van der Waals surface area contributed by atoms with Crippen molar-refractivity contribution in [3.05, 3.63) is 48.0 Å². The highest BCUT2D eigenvalue weighted by Gasteiger charge is 2.50. The number of Topliss-reactive ketones (excluding diaryl/α,β-unsaturated/α-hetero) is 1. The highest BCUT2D eigenvalue weighted by atomic mass is 16.5. The Morgan fingerprint density at radius 1 is 1.15 bits per heavy atom. The molecule has 3 heteroatoms. The minimum absolute atomic E-state index is 0.0722. The number of benzene rings is 1. The number of fused-ring (bicyclic) bond motifs is 2. The molecule has 0 amide bonds. The first-order chi connectivity index (χ1) is 9.84. The zero-order valence-electron chi connectivity index (χ0n) is 11.4. The molecule has 3 nitrogen and oxygen atoms in total. The van der Waals surface area contributed by atoms with Gasteiger partial charge in [-0.1, -0.05) is 42.5 Å². The van der Waals surface area contributed by atoms with Crippen molar-refractivity contribution in [2.75, 3.05) is 13.2 Å². The van der Waals surface area contributed by atoms with Crippen LogP contribution in [0.3, 0.4) is 0 Å². The Labute approximate surface area is 119 Å². The molecule has 1 N–H and O–H groups in total. The predicted molar refractivity (Wildman–Crippen MR) is 76.2 cm³/mol. The van der Waals surface area contributed by atoms with Crippen molar-refractivity contribution in [2.45, 2.75) is 18.6 Å². The SMILES string of the molecule is O=C(C1NCCO1)[C@H]1C2C=CC(C2)[C@@H]1c1ccccc1. The van der Waals surface area contributed by atoms with Crippen molar-refractivity contribution in [1.82, 2.24) is 5.32 Å².